The summed E-state index contributed by atoms with van der Waals surface area (Å²) in [6, 6.07) is 3.21. The molecule has 0 amide bonds. The fourth-order valence-corrected chi connectivity index (χ4v) is 1.24. The molecule has 0 aliphatic rings. The van der Waals surface area contributed by atoms with E-state index in [0.717, 1.165) is 0 Å². The molecule has 6 heteroatoms. The second-order valence-corrected chi connectivity index (χ2v) is 5.15. The zero-order chi connectivity index (χ0) is 14.5. The number of carbonyl (C=O) groups excluding carboxylic acids is 1. The van der Waals surface area contributed by atoms with E-state index in [9.17, 15) is 9.90 Å². The lowest BCUT2D eigenvalue weighted by atomic mass is 10.2. The van der Waals surface area contributed by atoms with Crippen molar-refractivity contribution in [1.82, 2.24) is 4.98 Å². The Morgan fingerprint density at radius 3 is 2.63 bits per heavy atom. The first-order chi connectivity index (χ1) is 8.81. The molecular weight excluding hydrogens is 248 g/mol. The van der Waals surface area contributed by atoms with Crippen LogP contribution in [0.5, 0.6) is 0 Å². The topological polar surface area (TPSA) is 91.7 Å². The Kier molecular flexibility index (Phi) is 5.26. The van der Waals surface area contributed by atoms with Crippen LogP contribution in [0.4, 0.5) is 5.82 Å². The number of hydrogen-bond donors (Lipinski definition) is 3. The van der Waals surface area contributed by atoms with Crippen molar-refractivity contribution in [2.75, 3.05) is 18.5 Å². The molecule has 6 nitrogen and oxygen atoms in total. The lowest BCUT2D eigenvalue weighted by Gasteiger charge is -2.19. The molecule has 1 rings (SSSR count). The molecule has 0 fully saturated rings. The summed E-state index contributed by atoms with van der Waals surface area (Å²) >= 11 is 0. The minimum Gasteiger partial charge on any atom is -0.456 e. The highest BCUT2D eigenvalue weighted by atomic mass is 16.6. The number of anilines is 1. The van der Waals surface area contributed by atoms with Crippen molar-refractivity contribution in [2.24, 2.45) is 0 Å². The van der Waals surface area contributed by atoms with Gasteiger partial charge in [0.25, 0.3) is 0 Å². The van der Waals surface area contributed by atoms with Crippen LogP contribution in [-0.4, -0.2) is 46.0 Å². The average Bonchev–Trinajstić information content (AvgIpc) is 2.34. The standard InChI is InChI=1S/C13H20N2O4/c1-13(2,3)19-12(18)9-4-5-11(14-6-9)15-7-10(17)8-16/h4-6,10,16-17H,7-8H2,1-3H3,(H,14,15)/t10-/m1/s1. The number of esters is 1. The predicted molar refractivity (Wildman–Crippen MR) is 71.0 cm³/mol. The SMILES string of the molecule is CC(C)(C)OC(=O)c1ccc(NC[C@@H](O)CO)nc1. The summed E-state index contributed by atoms with van der Waals surface area (Å²) in [5, 5.41) is 20.7. The lowest BCUT2D eigenvalue weighted by molar-refractivity contribution is 0.00691. The first-order valence-electron chi connectivity index (χ1n) is 6.04. The van der Waals surface area contributed by atoms with Crippen molar-refractivity contribution in [1.29, 1.82) is 0 Å². The van der Waals surface area contributed by atoms with Crippen LogP contribution in [0, 0.1) is 0 Å². The molecule has 1 aromatic rings. The summed E-state index contributed by atoms with van der Waals surface area (Å²) in [7, 11) is 0. The normalized spacial score (nSPS) is 12.9. The number of aliphatic hydroxyl groups excluding tert-OH is 2. The molecule has 1 heterocycles. The molecule has 1 atom stereocenters. The summed E-state index contributed by atoms with van der Waals surface area (Å²) in [5.74, 6) is 0.0850. The summed E-state index contributed by atoms with van der Waals surface area (Å²) < 4.78 is 5.21. The largest absolute Gasteiger partial charge is 0.456 e. The molecule has 0 radical (unpaired) electrons. The summed E-state index contributed by atoms with van der Waals surface area (Å²) in [5.41, 5.74) is -0.178. The van der Waals surface area contributed by atoms with Gasteiger partial charge in [-0.2, -0.15) is 0 Å². The highest BCUT2D eigenvalue weighted by Crippen LogP contribution is 2.12. The van der Waals surface area contributed by atoms with E-state index in [4.69, 9.17) is 9.84 Å². The molecule has 0 aliphatic carbocycles. The zero-order valence-electron chi connectivity index (χ0n) is 11.4. The van der Waals surface area contributed by atoms with E-state index in [1.807, 2.05) is 0 Å². The maximum absolute atomic E-state index is 11.7. The van der Waals surface area contributed by atoms with Crippen LogP contribution in [0.25, 0.3) is 0 Å². The quantitative estimate of drug-likeness (QED) is 0.684. The van der Waals surface area contributed by atoms with Crippen LogP contribution in [-0.2, 0) is 4.74 Å². The lowest BCUT2D eigenvalue weighted by Crippen LogP contribution is -2.24. The smallest absolute Gasteiger partial charge is 0.340 e. The Hall–Kier alpha value is -1.66. The zero-order valence-corrected chi connectivity index (χ0v) is 11.4. The van der Waals surface area contributed by atoms with Gasteiger partial charge in [-0.3, -0.25) is 0 Å². The molecule has 0 saturated carbocycles. The number of carbonyl (C=O) groups is 1. The number of pyridine rings is 1. The van der Waals surface area contributed by atoms with Crippen molar-refractivity contribution < 1.29 is 19.7 Å². The number of nitrogens with zero attached hydrogens (tertiary/aromatic N) is 1. The van der Waals surface area contributed by atoms with Crippen molar-refractivity contribution >= 4 is 11.8 Å². The van der Waals surface area contributed by atoms with Crippen molar-refractivity contribution in [3.8, 4) is 0 Å². The van der Waals surface area contributed by atoms with Crippen molar-refractivity contribution in [3.63, 3.8) is 0 Å². The third-order valence-corrected chi connectivity index (χ3v) is 2.13. The minimum absolute atomic E-state index is 0.190. The van der Waals surface area contributed by atoms with Gasteiger partial charge in [-0.15, -0.1) is 0 Å². The molecule has 0 unspecified atom stereocenters. The number of aliphatic hydroxyl groups is 2. The minimum atomic E-state index is -0.840. The third kappa shape index (κ3) is 5.67. The van der Waals surface area contributed by atoms with Crippen molar-refractivity contribution in [3.05, 3.63) is 23.9 Å². The predicted octanol–water partition coefficient (Wildman–Crippen LogP) is 0.802. The van der Waals surface area contributed by atoms with Crippen LogP contribution in [0.2, 0.25) is 0 Å². The van der Waals surface area contributed by atoms with Gasteiger partial charge in [0.15, 0.2) is 0 Å². The molecular formula is C13H20N2O4. The Morgan fingerprint density at radius 1 is 1.47 bits per heavy atom. The molecule has 0 saturated heterocycles. The molecule has 0 bridgehead atoms. The summed E-state index contributed by atoms with van der Waals surface area (Å²) in [4.78, 5) is 15.8. The van der Waals surface area contributed by atoms with Gasteiger partial charge in [0.2, 0.25) is 0 Å². The van der Waals surface area contributed by atoms with Crippen LogP contribution in [0.15, 0.2) is 18.3 Å². The molecule has 1 aromatic heterocycles. The van der Waals surface area contributed by atoms with E-state index in [1.165, 1.54) is 6.20 Å². The molecule has 0 aromatic carbocycles. The van der Waals surface area contributed by atoms with E-state index in [1.54, 1.807) is 32.9 Å². The molecule has 0 spiro atoms. The van der Waals surface area contributed by atoms with Gasteiger partial charge in [-0.25, -0.2) is 9.78 Å². The molecule has 106 valence electrons. The first-order valence-corrected chi connectivity index (χ1v) is 6.04. The monoisotopic (exact) mass is 268 g/mol. The van der Waals surface area contributed by atoms with E-state index < -0.39 is 17.7 Å². The Labute approximate surface area is 112 Å². The summed E-state index contributed by atoms with van der Waals surface area (Å²) in [6.45, 7) is 5.26. The Morgan fingerprint density at radius 2 is 2.16 bits per heavy atom. The Balaban J connectivity index is 2.58. The van der Waals surface area contributed by atoms with Crippen LogP contribution < -0.4 is 5.32 Å². The molecule has 0 aliphatic heterocycles. The second-order valence-electron chi connectivity index (χ2n) is 5.15. The maximum Gasteiger partial charge on any atom is 0.340 e. The van der Waals surface area contributed by atoms with Gasteiger partial charge in [-0.1, -0.05) is 0 Å². The van der Waals surface area contributed by atoms with E-state index in [-0.39, 0.29) is 13.2 Å². The summed E-state index contributed by atoms with van der Waals surface area (Å²) in [6.07, 6.45) is 0.564. The van der Waals surface area contributed by atoms with Crippen LogP contribution in [0.1, 0.15) is 31.1 Å². The number of ether oxygens (including phenoxy) is 1. The fourth-order valence-electron chi connectivity index (χ4n) is 1.24. The fraction of sp³-hybridized carbons (Fsp3) is 0.538. The number of hydrogen-bond acceptors (Lipinski definition) is 6. The maximum atomic E-state index is 11.7. The van der Waals surface area contributed by atoms with E-state index >= 15 is 0 Å². The number of nitrogens with one attached hydrogen (secondary N) is 1. The van der Waals surface area contributed by atoms with E-state index in [0.29, 0.717) is 11.4 Å². The first kappa shape index (κ1) is 15.4. The highest BCUT2D eigenvalue weighted by Gasteiger charge is 2.17. The van der Waals surface area contributed by atoms with Gasteiger partial charge in [0.1, 0.15) is 11.4 Å². The third-order valence-electron chi connectivity index (χ3n) is 2.13. The Bertz CT molecular complexity index is 412. The second kappa shape index (κ2) is 6.49. The van der Waals surface area contributed by atoms with Crippen molar-refractivity contribution in [2.45, 2.75) is 32.5 Å². The molecule has 19 heavy (non-hydrogen) atoms. The van der Waals surface area contributed by atoms with E-state index in [2.05, 4.69) is 10.3 Å². The number of aromatic nitrogens is 1. The average molecular weight is 268 g/mol. The van der Waals surface area contributed by atoms with Gasteiger partial charge >= 0.3 is 5.97 Å². The molecule has 3 N–H and O–H groups in total. The van der Waals surface area contributed by atoms with Crippen LogP contribution >= 0.6 is 0 Å². The van der Waals surface area contributed by atoms with Crippen LogP contribution in [0.3, 0.4) is 0 Å². The highest BCUT2D eigenvalue weighted by molar-refractivity contribution is 5.89. The number of rotatable bonds is 5. The van der Waals surface area contributed by atoms with Gasteiger partial charge < -0.3 is 20.3 Å². The van der Waals surface area contributed by atoms with Gasteiger partial charge in [-0.05, 0) is 32.9 Å². The van der Waals surface area contributed by atoms with Gasteiger partial charge in [0.05, 0.1) is 18.3 Å². The van der Waals surface area contributed by atoms with Gasteiger partial charge in [0, 0.05) is 12.7 Å².